The number of aromatic nitrogens is 4. The summed E-state index contributed by atoms with van der Waals surface area (Å²) in [5.41, 5.74) is 2.70. The van der Waals surface area contributed by atoms with E-state index < -0.39 is 14.9 Å². The molecule has 0 radical (unpaired) electrons. The zero-order valence-electron chi connectivity index (χ0n) is 16.5. The molecule has 0 unspecified atom stereocenters. The summed E-state index contributed by atoms with van der Waals surface area (Å²) in [6, 6.07) is 17.1. The van der Waals surface area contributed by atoms with E-state index in [0.717, 1.165) is 23.3 Å². The summed E-state index contributed by atoms with van der Waals surface area (Å²) in [6.45, 7) is 0. The number of sulfonamides is 1. The second-order valence-corrected chi connectivity index (χ2v) is 9.07. The number of nitro benzene ring substituents is 1. The van der Waals surface area contributed by atoms with Gasteiger partial charge >= 0.3 is 0 Å². The van der Waals surface area contributed by atoms with Gasteiger partial charge in [-0.05, 0) is 36.4 Å². The number of para-hydroxylation sites is 2. The average Bonchev–Trinajstić information content (AvgIpc) is 3.27. The number of anilines is 3. The molecule has 0 atom stereocenters. The van der Waals surface area contributed by atoms with Gasteiger partial charge in [-0.1, -0.05) is 18.2 Å². The van der Waals surface area contributed by atoms with Gasteiger partial charge in [-0.3, -0.25) is 14.8 Å². The number of hydrogen-bond donors (Lipinski definition) is 2. The molecule has 5 rings (SSSR count). The van der Waals surface area contributed by atoms with E-state index in [9.17, 15) is 18.5 Å². The second kappa shape index (κ2) is 8.03. The Morgan fingerprint density at radius 1 is 0.818 bits per heavy atom. The van der Waals surface area contributed by atoms with Crippen molar-refractivity contribution in [1.82, 2.24) is 18.7 Å². The maximum atomic E-state index is 13.0. The summed E-state index contributed by atoms with van der Waals surface area (Å²) >= 11 is 1.09. The second-order valence-electron chi connectivity index (χ2n) is 6.86. The zero-order chi connectivity index (χ0) is 23.0. The monoisotopic (exact) mass is 479 g/mol. The summed E-state index contributed by atoms with van der Waals surface area (Å²) in [5, 5.41) is 14.1. The molecular weight excluding hydrogens is 466 g/mol. The first-order valence-corrected chi connectivity index (χ1v) is 11.6. The lowest BCUT2D eigenvalue weighted by Gasteiger charge is -2.14. The molecule has 0 aliphatic carbocycles. The van der Waals surface area contributed by atoms with Gasteiger partial charge in [0.1, 0.15) is 11.0 Å². The minimum absolute atomic E-state index is 0.0586. The van der Waals surface area contributed by atoms with Crippen LogP contribution in [0.15, 0.2) is 71.6 Å². The summed E-state index contributed by atoms with van der Waals surface area (Å²) in [4.78, 5) is 19.1. The van der Waals surface area contributed by atoms with Crippen molar-refractivity contribution in [3.05, 3.63) is 76.8 Å². The predicted molar refractivity (Wildman–Crippen MR) is 124 cm³/mol. The number of benzene rings is 3. The third kappa shape index (κ3) is 4.14. The molecule has 0 fully saturated rings. The Kier molecular flexibility index (Phi) is 5.03. The van der Waals surface area contributed by atoms with Gasteiger partial charge in [-0.2, -0.15) is 8.75 Å². The highest BCUT2D eigenvalue weighted by Gasteiger charge is 2.21. The Hall–Kier alpha value is -4.23. The van der Waals surface area contributed by atoms with Gasteiger partial charge in [-0.25, -0.2) is 18.4 Å². The van der Waals surface area contributed by atoms with Crippen LogP contribution in [0.3, 0.4) is 0 Å². The van der Waals surface area contributed by atoms with Crippen molar-refractivity contribution in [3.8, 4) is 0 Å². The molecule has 13 heteroatoms. The lowest BCUT2D eigenvalue weighted by atomic mass is 10.2. The van der Waals surface area contributed by atoms with Gasteiger partial charge in [0.05, 0.1) is 32.6 Å². The molecule has 0 aliphatic heterocycles. The van der Waals surface area contributed by atoms with Crippen molar-refractivity contribution in [2.24, 2.45) is 0 Å². The van der Waals surface area contributed by atoms with Crippen molar-refractivity contribution in [2.45, 2.75) is 4.90 Å². The van der Waals surface area contributed by atoms with Crippen LogP contribution in [0.5, 0.6) is 0 Å². The van der Waals surface area contributed by atoms with Crippen LogP contribution in [0, 0.1) is 10.1 Å². The fraction of sp³-hybridized carbons (Fsp3) is 0. The van der Waals surface area contributed by atoms with Crippen LogP contribution in [-0.2, 0) is 10.0 Å². The highest BCUT2D eigenvalue weighted by atomic mass is 32.2. The molecule has 0 saturated heterocycles. The van der Waals surface area contributed by atoms with Crippen molar-refractivity contribution in [3.63, 3.8) is 0 Å². The lowest BCUT2D eigenvalue weighted by Crippen LogP contribution is -2.16. The Morgan fingerprint density at radius 2 is 1.55 bits per heavy atom. The number of non-ortho nitro benzene ring substituents is 1. The molecule has 3 aromatic carbocycles. The Labute approximate surface area is 190 Å². The quantitative estimate of drug-likeness (QED) is 0.271. The van der Waals surface area contributed by atoms with E-state index in [-0.39, 0.29) is 22.2 Å². The van der Waals surface area contributed by atoms with Crippen molar-refractivity contribution < 1.29 is 13.3 Å². The van der Waals surface area contributed by atoms with Crippen LogP contribution in [-0.4, -0.2) is 32.1 Å². The standard InChI is InChI=1S/C20H13N7O4S2/c28-27(29)13-4-3-5-14(11-13)33(30,31)26-20-19(22-15-6-1-2-7-16(15)23-20)21-12-8-9-17-18(10-12)25-32-24-17/h1-11H,(H,21,22)(H,23,26). The van der Waals surface area contributed by atoms with Crippen molar-refractivity contribution in [2.75, 3.05) is 10.0 Å². The molecule has 164 valence electrons. The number of fused-ring (bicyclic) bond motifs is 2. The highest BCUT2D eigenvalue weighted by Crippen LogP contribution is 2.29. The molecule has 0 spiro atoms. The molecule has 2 heterocycles. The van der Waals surface area contributed by atoms with Crippen molar-refractivity contribution in [1.29, 1.82) is 0 Å². The van der Waals surface area contributed by atoms with Gasteiger partial charge in [0.2, 0.25) is 0 Å². The Balaban J connectivity index is 1.57. The molecule has 0 bridgehead atoms. The maximum Gasteiger partial charge on any atom is 0.270 e. The molecule has 0 amide bonds. The molecule has 33 heavy (non-hydrogen) atoms. The summed E-state index contributed by atoms with van der Waals surface area (Å²) in [6.07, 6.45) is 0. The molecule has 5 aromatic rings. The van der Waals surface area contributed by atoms with Crippen LogP contribution in [0.1, 0.15) is 0 Å². The molecule has 0 aliphatic rings. The van der Waals surface area contributed by atoms with E-state index in [2.05, 4.69) is 28.8 Å². The third-order valence-electron chi connectivity index (χ3n) is 4.66. The SMILES string of the molecule is O=[N+]([O-])c1cccc(S(=O)(=O)Nc2nc3ccccc3nc2Nc2ccc3nsnc3c2)c1. The van der Waals surface area contributed by atoms with Gasteiger partial charge in [0.15, 0.2) is 11.6 Å². The fourth-order valence-electron chi connectivity index (χ4n) is 3.11. The molecule has 2 aromatic heterocycles. The largest absolute Gasteiger partial charge is 0.337 e. The third-order valence-corrected chi connectivity index (χ3v) is 6.55. The van der Waals surface area contributed by atoms with E-state index in [0.29, 0.717) is 22.2 Å². The summed E-state index contributed by atoms with van der Waals surface area (Å²) < 4.78 is 36.8. The van der Waals surface area contributed by atoms with Crippen LogP contribution < -0.4 is 10.0 Å². The van der Waals surface area contributed by atoms with E-state index in [1.54, 1.807) is 42.5 Å². The number of rotatable bonds is 6. The summed E-state index contributed by atoms with van der Waals surface area (Å²) in [7, 11) is -4.20. The maximum absolute atomic E-state index is 13.0. The predicted octanol–water partition coefficient (Wildman–Crippen LogP) is 4.09. The first-order valence-electron chi connectivity index (χ1n) is 9.42. The molecule has 11 nitrogen and oxygen atoms in total. The topological polar surface area (TPSA) is 153 Å². The van der Waals surface area contributed by atoms with Gasteiger partial charge in [-0.15, -0.1) is 0 Å². The Bertz CT molecular complexity index is 1640. The lowest BCUT2D eigenvalue weighted by molar-refractivity contribution is -0.385. The Morgan fingerprint density at radius 3 is 2.30 bits per heavy atom. The fourth-order valence-corrected chi connectivity index (χ4v) is 4.67. The van der Waals surface area contributed by atoms with Crippen LogP contribution >= 0.6 is 11.7 Å². The first-order chi connectivity index (χ1) is 15.9. The molecule has 0 saturated carbocycles. The van der Waals surface area contributed by atoms with Gasteiger partial charge in [0, 0.05) is 17.8 Å². The van der Waals surface area contributed by atoms with E-state index >= 15 is 0 Å². The minimum atomic E-state index is -4.20. The van der Waals surface area contributed by atoms with Crippen LogP contribution in [0.4, 0.5) is 23.0 Å². The average molecular weight is 480 g/mol. The van der Waals surface area contributed by atoms with E-state index in [4.69, 9.17) is 0 Å². The zero-order valence-corrected chi connectivity index (χ0v) is 18.2. The normalized spacial score (nSPS) is 11.5. The smallest absolute Gasteiger partial charge is 0.270 e. The summed E-state index contributed by atoms with van der Waals surface area (Å²) in [5.74, 6) is 0.0990. The van der Waals surface area contributed by atoms with Gasteiger partial charge < -0.3 is 5.32 Å². The minimum Gasteiger partial charge on any atom is -0.337 e. The molecule has 2 N–H and O–H groups in total. The highest BCUT2D eigenvalue weighted by molar-refractivity contribution is 7.92. The van der Waals surface area contributed by atoms with Gasteiger partial charge in [0.25, 0.3) is 15.7 Å². The number of nitrogens with zero attached hydrogens (tertiary/aromatic N) is 5. The van der Waals surface area contributed by atoms with E-state index in [1.165, 1.54) is 18.2 Å². The van der Waals surface area contributed by atoms with Crippen molar-refractivity contribution >= 4 is 66.8 Å². The first kappa shape index (κ1) is 20.7. The van der Waals surface area contributed by atoms with Crippen LogP contribution in [0.25, 0.3) is 22.1 Å². The number of nitro groups is 1. The number of nitrogens with one attached hydrogen (secondary N) is 2. The molecular formula is C20H13N7O4S2. The van der Waals surface area contributed by atoms with Crippen LogP contribution in [0.2, 0.25) is 0 Å². The number of hydrogen-bond acceptors (Lipinski definition) is 10. The van der Waals surface area contributed by atoms with E-state index in [1.807, 2.05) is 0 Å².